The number of ether oxygens (including phenoxy) is 2. The Labute approximate surface area is 140 Å². The molecule has 0 radical (unpaired) electrons. The third-order valence-electron chi connectivity index (χ3n) is 4.78. The minimum absolute atomic E-state index is 0.569. The zero-order valence-electron chi connectivity index (χ0n) is 13.3. The lowest BCUT2D eigenvalue weighted by Crippen LogP contribution is -2.43. The SMILES string of the molecule is O=Cc1ccc2c(c1)-c1cc(C=O)ccc1OC1(CCCCC1)O2. The predicted molar refractivity (Wildman–Crippen MR) is 89.7 cm³/mol. The summed E-state index contributed by atoms with van der Waals surface area (Å²) in [5.41, 5.74) is 2.72. The number of fused-ring (bicyclic) bond motifs is 3. The first-order chi connectivity index (χ1) is 11.7. The van der Waals surface area contributed by atoms with Crippen molar-refractivity contribution in [3.8, 4) is 22.6 Å². The molecule has 2 aliphatic rings. The van der Waals surface area contributed by atoms with Gasteiger partial charge in [-0.3, -0.25) is 9.59 Å². The molecule has 0 atom stereocenters. The van der Waals surface area contributed by atoms with Crippen molar-refractivity contribution in [3.63, 3.8) is 0 Å². The zero-order valence-corrected chi connectivity index (χ0v) is 13.3. The van der Waals surface area contributed by atoms with E-state index < -0.39 is 5.79 Å². The third kappa shape index (κ3) is 2.48. The van der Waals surface area contributed by atoms with Crippen molar-refractivity contribution in [2.24, 2.45) is 0 Å². The summed E-state index contributed by atoms with van der Waals surface area (Å²) in [4.78, 5) is 22.4. The number of benzene rings is 2. The third-order valence-corrected chi connectivity index (χ3v) is 4.78. The molecule has 1 saturated carbocycles. The van der Waals surface area contributed by atoms with Crippen LogP contribution in [0.5, 0.6) is 11.5 Å². The van der Waals surface area contributed by atoms with Gasteiger partial charge in [0.05, 0.1) is 0 Å². The van der Waals surface area contributed by atoms with Gasteiger partial charge >= 0.3 is 0 Å². The number of rotatable bonds is 2. The van der Waals surface area contributed by atoms with E-state index in [9.17, 15) is 9.59 Å². The lowest BCUT2D eigenvalue weighted by atomic mass is 9.94. The van der Waals surface area contributed by atoms with E-state index in [2.05, 4.69) is 0 Å². The fraction of sp³-hybridized carbons (Fsp3) is 0.300. The van der Waals surface area contributed by atoms with Crippen LogP contribution in [0.15, 0.2) is 36.4 Å². The normalized spacial score (nSPS) is 17.7. The highest BCUT2D eigenvalue weighted by molar-refractivity contribution is 5.87. The Hall–Kier alpha value is -2.62. The van der Waals surface area contributed by atoms with Crippen LogP contribution in [-0.4, -0.2) is 18.4 Å². The summed E-state index contributed by atoms with van der Waals surface area (Å²) >= 11 is 0. The smallest absolute Gasteiger partial charge is 0.251 e. The summed E-state index contributed by atoms with van der Waals surface area (Å²) in [6, 6.07) is 10.7. The fourth-order valence-corrected chi connectivity index (χ4v) is 3.56. The first-order valence-electron chi connectivity index (χ1n) is 8.30. The molecule has 0 saturated heterocycles. The molecule has 0 N–H and O–H groups in total. The molecule has 2 aromatic rings. The molecular weight excluding hydrogens is 304 g/mol. The Balaban J connectivity index is 1.93. The molecule has 1 aliphatic heterocycles. The molecule has 4 rings (SSSR count). The van der Waals surface area contributed by atoms with Crippen molar-refractivity contribution in [1.29, 1.82) is 0 Å². The Morgan fingerprint density at radius 2 is 1.25 bits per heavy atom. The minimum atomic E-state index is -0.663. The van der Waals surface area contributed by atoms with Crippen molar-refractivity contribution in [2.45, 2.75) is 37.9 Å². The van der Waals surface area contributed by atoms with Crippen molar-refractivity contribution < 1.29 is 19.1 Å². The molecule has 0 aromatic heterocycles. The monoisotopic (exact) mass is 322 g/mol. The Bertz CT molecular complexity index is 742. The van der Waals surface area contributed by atoms with Gasteiger partial charge in [-0.15, -0.1) is 0 Å². The van der Waals surface area contributed by atoms with E-state index in [0.717, 1.165) is 49.4 Å². The molecule has 24 heavy (non-hydrogen) atoms. The molecule has 0 unspecified atom stereocenters. The number of hydrogen-bond donors (Lipinski definition) is 0. The van der Waals surface area contributed by atoms with Gasteiger partial charge in [0.2, 0.25) is 0 Å². The molecule has 4 heteroatoms. The average Bonchev–Trinajstić information content (AvgIpc) is 2.75. The van der Waals surface area contributed by atoms with Gasteiger partial charge in [-0.1, -0.05) is 6.42 Å². The van der Waals surface area contributed by atoms with E-state index in [0.29, 0.717) is 22.6 Å². The van der Waals surface area contributed by atoms with E-state index in [1.165, 1.54) is 6.42 Å². The van der Waals surface area contributed by atoms with E-state index in [1.807, 2.05) is 12.1 Å². The van der Waals surface area contributed by atoms with Crippen molar-refractivity contribution in [2.75, 3.05) is 0 Å². The first-order valence-corrected chi connectivity index (χ1v) is 8.30. The lowest BCUT2D eigenvalue weighted by molar-refractivity contribution is -0.134. The Morgan fingerprint density at radius 3 is 1.71 bits per heavy atom. The second kappa shape index (κ2) is 5.78. The number of carbonyl (C=O) groups excluding carboxylic acids is 2. The van der Waals surface area contributed by atoms with Crippen LogP contribution in [0.4, 0.5) is 0 Å². The van der Waals surface area contributed by atoms with E-state index in [-0.39, 0.29) is 0 Å². The second-order valence-electron chi connectivity index (χ2n) is 6.42. The summed E-state index contributed by atoms with van der Waals surface area (Å²) in [6.45, 7) is 0. The second-order valence-corrected chi connectivity index (χ2v) is 6.42. The van der Waals surface area contributed by atoms with Crippen LogP contribution in [0.3, 0.4) is 0 Å². The quantitative estimate of drug-likeness (QED) is 0.769. The molecule has 4 nitrogen and oxygen atoms in total. The summed E-state index contributed by atoms with van der Waals surface area (Å²) in [7, 11) is 0. The minimum Gasteiger partial charge on any atom is -0.452 e. The van der Waals surface area contributed by atoms with Gasteiger partial charge in [-0.05, 0) is 49.2 Å². The topological polar surface area (TPSA) is 52.6 Å². The first kappa shape index (κ1) is 14.9. The molecule has 122 valence electrons. The van der Waals surface area contributed by atoms with Crippen LogP contribution < -0.4 is 9.47 Å². The standard InChI is InChI=1S/C20H18O4/c21-12-14-4-6-18-16(10-14)17-11-15(13-22)5-7-19(17)24-20(23-18)8-2-1-3-9-20/h4-7,10-13H,1-3,8-9H2. The van der Waals surface area contributed by atoms with Crippen LogP contribution in [0.1, 0.15) is 52.8 Å². The maximum absolute atomic E-state index is 11.2. The van der Waals surface area contributed by atoms with E-state index in [4.69, 9.17) is 9.47 Å². The molecule has 1 spiro atoms. The van der Waals surface area contributed by atoms with Gasteiger partial charge < -0.3 is 9.47 Å². The van der Waals surface area contributed by atoms with Crippen molar-refractivity contribution in [1.82, 2.24) is 0 Å². The lowest BCUT2D eigenvalue weighted by Gasteiger charge is -2.36. The molecule has 0 amide bonds. The maximum atomic E-state index is 11.2. The Morgan fingerprint density at radius 1 is 0.750 bits per heavy atom. The molecule has 1 fully saturated rings. The highest BCUT2D eigenvalue weighted by Crippen LogP contribution is 2.46. The van der Waals surface area contributed by atoms with E-state index in [1.54, 1.807) is 24.3 Å². The summed E-state index contributed by atoms with van der Waals surface area (Å²) in [5, 5.41) is 0. The molecule has 1 aliphatic carbocycles. The summed E-state index contributed by atoms with van der Waals surface area (Å²) < 4.78 is 12.6. The highest BCUT2D eigenvalue weighted by atomic mass is 16.7. The van der Waals surface area contributed by atoms with Crippen LogP contribution in [0.2, 0.25) is 0 Å². The van der Waals surface area contributed by atoms with Gasteiger partial charge in [-0.2, -0.15) is 0 Å². The van der Waals surface area contributed by atoms with Crippen molar-refractivity contribution >= 4 is 12.6 Å². The highest BCUT2D eigenvalue weighted by Gasteiger charge is 2.40. The summed E-state index contributed by atoms with van der Waals surface area (Å²) in [6.07, 6.45) is 6.58. The van der Waals surface area contributed by atoms with Gasteiger partial charge in [0.15, 0.2) is 0 Å². The van der Waals surface area contributed by atoms with Crippen LogP contribution in [0, 0.1) is 0 Å². The number of hydrogen-bond acceptors (Lipinski definition) is 4. The van der Waals surface area contributed by atoms with E-state index >= 15 is 0 Å². The Kier molecular flexibility index (Phi) is 3.60. The largest absolute Gasteiger partial charge is 0.452 e. The molecule has 1 heterocycles. The maximum Gasteiger partial charge on any atom is 0.251 e. The van der Waals surface area contributed by atoms with Gasteiger partial charge in [-0.25, -0.2) is 0 Å². The van der Waals surface area contributed by atoms with Crippen LogP contribution in [-0.2, 0) is 0 Å². The number of aldehydes is 2. The molecule has 0 bridgehead atoms. The zero-order chi connectivity index (χ0) is 16.6. The summed E-state index contributed by atoms with van der Waals surface area (Å²) in [5.74, 6) is 0.734. The van der Waals surface area contributed by atoms with Gasteiger partial charge in [0, 0.05) is 35.1 Å². The van der Waals surface area contributed by atoms with Gasteiger partial charge in [0.1, 0.15) is 24.1 Å². The molecular formula is C20H18O4. The molecule has 2 aromatic carbocycles. The number of carbonyl (C=O) groups is 2. The van der Waals surface area contributed by atoms with Crippen LogP contribution >= 0.6 is 0 Å². The van der Waals surface area contributed by atoms with Crippen molar-refractivity contribution in [3.05, 3.63) is 47.5 Å². The fourth-order valence-electron chi connectivity index (χ4n) is 3.56. The van der Waals surface area contributed by atoms with Crippen LogP contribution in [0.25, 0.3) is 11.1 Å². The predicted octanol–water partition coefficient (Wildman–Crippen LogP) is 4.41. The van der Waals surface area contributed by atoms with Gasteiger partial charge in [0.25, 0.3) is 5.79 Å². The average molecular weight is 322 g/mol.